The molecule has 0 spiro atoms. The zero-order valence-electron chi connectivity index (χ0n) is 11.0. The van der Waals surface area contributed by atoms with Crippen LogP contribution in [-0.4, -0.2) is 50.6 Å². The highest BCUT2D eigenvalue weighted by molar-refractivity contribution is 7.89. The van der Waals surface area contributed by atoms with Crippen LogP contribution in [0.15, 0.2) is 23.2 Å². The lowest BCUT2D eigenvalue weighted by Gasteiger charge is -2.20. The van der Waals surface area contributed by atoms with Crippen LogP contribution < -0.4 is 5.32 Å². The van der Waals surface area contributed by atoms with Crippen LogP contribution in [0.2, 0.25) is 0 Å². The molecular weight excluding hydrogens is 266 g/mol. The summed E-state index contributed by atoms with van der Waals surface area (Å²) in [6.45, 7) is 4.47. The number of aromatic nitrogens is 1. The fraction of sp³-hybridized carbons (Fsp3) is 0.583. The topological polar surface area (TPSA) is 71.5 Å². The van der Waals surface area contributed by atoms with Gasteiger partial charge in [-0.25, -0.2) is 13.4 Å². The van der Waals surface area contributed by atoms with Gasteiger partial charge in [-0.3, -0.25) is 0 Å². The largest absolute Gasteiger partial charge is 0.380 e. The summed E-state index contributed by atoms with van der Waals surface area (Å²) in [6, 6.07) is 3.23. The van der Waals surface area contributed by atoms with Crippen LogP contribution in [0.1, 0.15) is 13.3 Å². The molecule has 1 aliphatic heterocycles. The van der Waals surface area contributed by atoms with E-state index in [4.69, 9.17) is 4.74 Å². The second-order valence-corrected chi connectivity index (χ2v) is 6.16. The molecule has 1 N–H and O–H groups in total. The fourth-order valence-electron chi connectivity index (χ4n) is 2.00. The Balaban J connectivity index is 2.32. The van der Waals surface area contributed by atoms with E-state index in [0.29, 0.717) is 38.7 Å². The van der Waals surface area contributed by atoms with E-state index >= 15 is 0 Å². The fourth-order valence-corrected chi connectivity index (χ4v) is 3.58. The van der Waals surface area contributed by atoms with Crippen molar-refractivity contribution in [3.8, 4) is 0 Å². The number of pyridine rings is 1. The summed E-state index contributed by atoms with van der Waals surface area (Å²) >= 11 is 0. The minimum Gasteiger partial charge on any atom is -0.380 e. The van der Waals surface area contributed by atoms with Gasteiger partial charge in [0.1, 0.15) is 10.7 Å². The van der Waals surface area contributed by atoms with Crippen LogP contribution in [0.25, 0.3) is 0 Å². The molecule has 1 aliphatic rings. The van der Waals surface area contributed by atoms with Crippen LogP contribution in [0, 0.1) is 0 Å². The molecule has 0 saturated carbocycles. The Morgan fingerprint density at radius 1 is 1.42 bits per heavy atom. The predicted molar refractivity (Wildman–Crippen MR) is 72.6 cm³/mol. The molecule has 0 bridgehead atoms. The number of rotatable bonds is 4. The number of nitrogens with one attached hydrogen (secondary N) is 1. The molecule has 0 radical (unpaired) electrons. The van der Waals surface area contributed by atoms with Gasteiger partial charge in [0.2, 0.25) is 10.0 Å². The first kappa shape index (κ1) is 14.2. The van der Waals surface area contributed by atoms with E-state index in [2.05, 4.69) is 10.3 Å². The summed E-state index contributed by atoms with van der Waals surface area (Å²) < 4.78 is 32.0. The van der Waals surface area contributed by atoms with Crippen molar-refractivity contribution in [2.75, 3.05) is 38.2 Å². The van der Waals surface area contributed by atoms with Crippen molar-refractivity contribution in [2.24, 2.45) is 0 Å². The number of ether oxygens (including phenoxy) is 1. The lowest BCUT2D eigenvalue weighted by atomic mass is 10.4. The third kappa shape index (κ3) is 3.23. The molecule has 0 unspecified atom stereocenters. The lowest BCUT2D eigenvalue weighted by Crippen LogP contribution is -2.33. The van der Waals surface area contributed by atoms with Gasteiger partial charge in [-0.15, -0.1) is 0 Å². The van der Waals surface area contributed by atoms with Gasteiger partial charge in [0, 0.05) is 32.4 Å². The monoisotopic (exact) mass is 285 g/mol. The first-order valence-corrected chi connectivity index (χ1v) is 7.87. The Kier molecular flexibility index (Phi) is 4.73. The van der Waals surface area contributed by atoms with E-state index in [0.717, 1.165) is 6.42 Å². The van der Waals surface area contributed by atoms with E-state index in [1.54, 1.807) is 18.3 Å². The maximum absolute atomic E-state index is 12.6. The minimum absolute atomic E-state index is 0.235. The Hall–Kier alpha value is -1.18. The molecule has 1 aromatic heterocycles. The molecule has 2 rings (SSSR count). The molecule has 0 aliphatic carbocycles. The summed E-state index contributed by atoms with van der Waals surface area (Å²) in [5.41, 5.74) is 0. The Morgan fingerprint density at radius 3 is 3.05 bits per heavy atom. The van der Waals surface area contributed by atoms with E-state index in [-0.39, 0.29) is 4.90 Å². The molecule has 19 heavy (non-hydrogen) atoms. The maximum Gasteiger partial charge on any atom is 0.246 e. The zero-order chi connectivity index (χ0) is 13.7. The molecule has 106 valence electrons. The second kappa shape index (κ2) is 6.31. The SMILES string of the molecule is CCNc1ncccc1S(=O)(=O)N1CCCOCC1. The van der Waals surface area contributed by atoms with Gasteiger partial charge in [0.25, 0.3) is 0 Å². The third-order valence-electron chi connectivity index (χ3n) is 2.91. The standard InChI is InChI=1S/C12H19N3O3S/c1-2-13-12-11(5-3-6-14-12)19(16,17)15-7-4-9-18-10-8-15/h3,5-6H,2,4,7-10H2,1H3,(H,13,14). The summed E-state index contributed by atoms with van der Waals surface area (Å²) in [5.74, 6) is 0.412. The van der Waals surface area contributed by atoms with Crippen LogP contribution in [-0.2, 0) is 14.8 Å². The van der Waals surface area contributed by atoms with Crippen LogP contribution >= 0.6 is 0 Å². The summed E-state index contributed by atoms with van der Waals surface area (Å²) in [4.78, 5) is 4.34. The first-order valence-electron chi connectivity index (χ1n) is 6.43. The highest BCUT2D eigenvalue weighted by Gasteiger charge is 2.28. The Morgan fingerprint density at radius 2 is 2.26 bits per heavy atom. The van der Waals surface area contributed by atoms with Crippen LogP contribution in [0.5, 0.6) is 0 Å². The molecule has 7 heteroatoms. The summed E-state index contributed by atoms with van der Waals surface area (Å²) in [6.07, 6.45) is 2.30. The number of nitrogens with zero attached hydrogens (tertiary/aromatic N) is 2. The van der Waals surface area contributed by atoms with Gasteiger partial charge in [-0.2, -0.15) is 4.31 Å². The molecular formula is C12H19N3O3S. The van der Waals surface area contributed by atoms with E-state index in [9.17, 15) is 8.42 Å². The number of anilines is 1. The minimum atomic E-state index is -3.51. The van der Waals surface area contributed by atoms with Crippen molar-refractivity contribution >= 4 is 15.8 Å². The number of sulfonamides is 1. The van der Waals surface area contributed by atoms with Gasteiger partial charge in [0.15, 0.2) is 0 Å². The first-order chi connectivity index (χ1) is 9.16. The highest BCUT2D eigenvalue weighted by atomic mass is 32.2. The predicted octanol–water partition coefficient (Wildman–Crippen LogP) is 0.924. The van der Waals surface area contributed by atoms with Crippen molar-refractivity contribution in [3.05, 3.63) is 18.3 Å². The van der Waals surface area contributed by atoms with Gasteiger partial charge in [-0.05, 0) is 25.5 Å². The van der Waals surface area contributed by atoms with Crippen LogP contribution in [0.3, 0.4) is 0 Å². The molecule has 0 atom stereocenters. The number of hydrogen-bond acceptors (Lipinski definition) is 5. The Labute approximate surface area is 113 Å². The zero-order valence-corrected chi connectivity index (χ0v) is 11.8. The molecule has 1 saturated heterocycles. The Bertz CT molecular complexity index is 511. The van der Waals surface area contributed by atoms with E-state index in [1.807, 2.05) is 6.92 Å². The maximum atomic E-state index is 12.6. The van der Waals surface area contributed by atoms with Crippen molar-refractivity contribution in [1.82, 2.24) is 9.29 Å². The van der Waals surface area contributed by atoms with Gasteiger partial charge < -0.3 is 10.1 Å². The lowest BCUT2D eigenvalue weighted by molar-refractivity contribution is 0.148. The molecule has 1 fully saturated rings. The van der Waals surface area contributed by atoms with Crippen molar-refractivity contribution in [2.45, 2.75) is 18.2 Å². The molecule has 6 nitrogen and oxygen atoms in total. The second-order valence-electron chi connectivity index (χ2n) is 4.25. The van der Waals surface area contributed by atoms with E-state index in [1.165, 1.54) is 4.31 Å². The average molecular weight is 285 g/mol. The van der Waals surface area contributed by atoms with Crippen molar-refractivity contribution in [1.29, 1.82) is 0 Å². The van der Waals surface area contributed by atoms with Gasteiger partial charge in [0.05, 0.1) is 6.61 Å². The summed E-state index contributed by atoms with van der Waals surface area (Å²) in [7, 11) is -3.51. The molecule has 2 heterocycles. The van der Waals surface area contributed by atoms with Gasteiger partial charge in [-0.1, -0.05) is 0 Å². The normalized spacial score (nSPS) is 17.9. The number of hydrogen-bond donors (Lipinski definition) is 1. The van der Waals surface area contributed by atoms with Crippen LogP contribution in [0.4, 0.5) is 5.82 Å². The van der Waals surface area contributed by atoms with Crippen molar-refractivity contribution in [3.63, 3.8) is 0 Å². The molecule has 0 amide bonds. The smallest absolute Gasteiger partial charge is 0.246 e. The van der Waals surface area contributed by atoms with E-state index < -0.39 is 10.0 Å². The quantitative estimate of drug-likeness (QED) is 0.891. The summed E-state index contributed by atoms with van der Waals surface area (Å²) in [5, 5.41) is 2.99. The third-order valence-corrected chi connectivity index (χ3v) is 4.84. The molecule has 1 aromatic rings. The van der Waals surface area contributed by atoms with Gasteiger partial charge >= 0.3 is 0 Å². The average Bonchev–Trinajstić information content (AvgIpc) is 2.69. The highest BCUT2D eigenvalue weighted by Crippen LogP contribution is 2.23. The molecule has 0 aromatic carbocycles. The van der Waals surface area contributed by atoms with Crippen molar-refractivity contribution < 1.29 is 13.2 Å².